The SMILES string of the molecule is Cc1ccc(Sn2c(-c3cccc(N4CC(C(=O)O)C4)c3)c(-c3ccsc3C#N)c3cc(F)c(P)cc32)cc1. The van der Waals surface area contributed by atoms with Crippen molar-refractivity contribution in [3.8, 4) is 28.5 Å². The van der Waals surface area contributed by atoms with E-state index < -0.39 is 5.97 Å². The summed E-state index contributed by atoms with van der Waals surface area (Å²) in [5, 5.41) is 22.3. The molecule has 1 saturated heterocycles. The number of aromatic nitrogens is 1. The van der Waals surface area contributed by atoms with E-state index in [-0.39, 0.29) is 11.7 Å². The topological polar surface area (TPSA) is 69.3 Å². The molecule has 1 N–H and O–H groups in total. The summed E-state index contributed by atoms with van der Waals surface area (Å²) in [4.78, 5) is 15.0. The van der Waals surface area contributed by atoms with Crippen LogP contribution in [0.2, 0.25) is 0 Å². The number of carboxylic acid groups (broad SMARTS) is 1. The van der Waals surface area contributed by atoms with Crippen LogP contribution in [0.15, 0.2) is 77.0 Å². The van der Waals surface area contributed by atoms with E-state index in [0.29, 0.717) is 23.3 Å². The minimum atomic E-state index is -0.781. The Bertz CT molecular complexity index is 1780. The molecule has 5 nitrogen and oxygen atoms in total. The van der Waals surface area contributed by atoms with Gasteiger partial charge in [-0.2, -0.15) is 5.26 Å². The first kappa shape index (κ1) is 25.6. The van der Waals surface area contributed by atoms with Gasteiger partial charge in [0, 0.05) is 51.1 Å². The van der Waals surface area contributed by atoms with Gasteiger partial charge in [0.2, 0.25) is 0 Å². The van der Waals surface area contributed by atoms with Crippen molar-refractivity contribution in [3.63, 3.8) is 0 Å². The summed E-state index contributed by atoms with van der Waals surface area (Å²) in [6, 6.07) is 23.9. The maximum atomic E-state index is 15.0. The molecule has 3 aromatic carbocycles. The Morgan fingerprint density at radius 2 is 1.92 bits per heavy atom. The predicted octanol–water partition coefficient (Wildman–Crippen LogP) is 6.93. The Labute approximate surface area is 235 Å². The Hall–Kier alpha value is -3.63. The van der Waals surface area contributed by atoms with E-state index >= 15 is 4.39 Å². The van der Waals surface area contributed by atoms with E-state index in [0.717, 1.165) is 49.4 Å². The highest BCUT2D eigenvalue weighted by Crippen LogP contribution is 2.47. The molecule has 2 aromatic heterocycles. The highest BCUT2D eigenvalue weighted by molar-refractivity contribution is 7.98. The number of anilines is 1. The average molecular weight is 572 g/mol. The molecule has 0 amide bonds. The fourth-order valence-corrected chi connectivity index (χ4v) is 6.85. The third-order valence-electron chi connectivity index (χ3n) is 7.01. The number of rotatable bonds is 6. The van der Waals surface area contributed by atoms with Crippen LogP contribution in [0.25, 0.3) is 33.3 Å². The van der Waals surface area contributed by atoms with Gasteiger partial charge in [0.1, 0.15) is 16.8 Å². The van der Waals surface area contributed by atoms with Crippen LogP contribution in [0.3, 0.4) is 0 Å². The van der Waals surface area contributed by atoms with Crippen molar-refractivity contribution in [2.24, 2.45) is 5.92 Å². The molecule has 0 aliphatic carbocycles. The Morgan fingerprint density at radius 3 is 2.64 bits per heavy atom. The number of carbonyl (C=O) groups is 1. The van der Waals surface area contributed by atoms with Gasteiger partial charge in [-0.05, 0) is 66.7 Å². The minimum Gasteiger partial charge on any atom is -0.481 e. The largest absolute Gasteiger partial charge is 0.481 e. The molecule has 5 aromatic rings. The third kappa shape index (κ3) is 4.61. The smallest absolute Gasteiger partial charge is 0.310 e. The van der Waals surface area contributed by atoms with Crippen LogP contribution < -0.4 is 10.2 Å². The van der Waals surface area contributed by atoms with E-state index in [1.54, 1.807) is 18.0 Å². The number of hydrogen-bond acceptors (Lipinski definition) is 5. The number of thiophene rings is 1. The van der Waals surface area contributed by atoms with Gasteiger partial charge in [-0.1, -0.05) is 29.8 Å². The van der Waals surface area contributed by atoms with Crippen molar-refractivity contribution >= 4 is 60.4 Å². The van der Waals surface area contributed by atoms with E-state index in [1.807, 2.05) is 47.5 Å². The van der Waals surface area contributed by atoms with Crippen LogP contribution in [0, 0.1) is 30.0 Å². The molecule has 0 bridgehead atoms. The normalized spacial score (nSPS) is 13.4. The molecular formula is C30H23FN3O2PS2. The van der Waals surface area contributed by atoms with Crippen LogP contribution >= 0.6 is 32.5 Å². The van der Waals surface area contributed by atoms with Crippen molar-refractivity contribution in [2.45, 2.75) is 11.8 Å². The van der Waals surface area contributed by atoms with Crippen LogP contribution in [0.5, 0.6) is 0 Å². The van der Waals surface area contributed by atoms with Crippen LogP contribution in [0.4, 0.5) is 10.1 Å². The summed E-state index contributed by atoms with van der Waals surface area (Å²) in [6.07, 6.45) is 0. The molecule has 194 valence electrons. The fraction of sp³-hybridized carbons (Fsp3) is 0.133. The number of halogens is 1. The summed E-state index contributed by atoms with van der Waals surface area (Å²) in [5.41, 5.74) is 6.25. The van der Waals surface area contributed by atoms with Gasteiger partial charge in [0.05, 0.1) is 17.1 Å². The van der Waals surface area contributed by atoms with Gasteiger partial charge in [0.15, 0.2) is 0 Å². The Morgan fingerprint density at radius 1 is 1.15 bits per heavy atom. The number of carboxylic acids is 1. The lowest BCUT2D eigenvalue weighted by Gasteiger charge is -2.38. The molecule has 0 radical (unpaired) electrons. The van der Waals surface area contributed by atoms with Gasteiger partial charge in [0.25, 0.3) is 0 Å². The number of hydrogen-bond donors (Lipinski definition) is 1. The van der Waals surface area contributed by atoms with Crippen LogP contribution in [0.1, 0.15) is 10.4 Å². The van der Waals surface area contributed by atoms with Crippen molar-refractivity contribution < 1.29 is 14.3 Å². The van der Waals surface area contributed by atoms with Crippen molar-refractivity contribution in [2.75, 3.05) is 18.0 Å². The van der Waals surface area contributed by atoms with Crippen LogP contribution in [-0.2, 0) is 4.79 Å². The molecule has 0 saturated carbocycles. The third-order valence-corrected chi connectivity index (χ3v) is 9.32. The fourth-order valence-electron chi connectivity index (χ4n) is 4.92. The number of fused-ring (bicyclic) bond motifs is 1. The highest BCUT2D eigenvalue weighted by atomic mass is 32.2. The van der Waals surface area contributed by atoms with Crippen molar-refractivity contribution in [1.82, 2.24) is 3.97 Å². The van der Waals surface area contributed by atoms with Gasteiger partial charge in [-0.15, -0.1) is 20.6 Å². The second kappa shape index (κ2) is 10.2. The molecular weight excluding hydrogens is 548 g/mol. The summed E-state index contributed by atoms with van der Waals surface area (Å²) in [6.45, 7) is 2.96. The second-order valence-electron chi connectivity index (χ2n) is 9.58. The van der Waals surface area contributed by atoms with E-state index in [9.17, 15) is 15.2 Å². The number of aryl methyl sites for hydroxylation is 1. The molecule has 1 unspecified atom stereocenters. The summed E-state index contributed by atoms with van der Waals surface area (Å²) in [5.74, 6) is -1.49. The maximum Gasteiger partial charge on any atom is 0.310 e. The number of benzene rings is 3. The number of nitrogens with zero attached hydrogens (tertiary/aromatic N) is 3. The molecule has 3 heterocycles. The summed E-state index contributed by atoms with van der Waals surface area (Å²) < 4.78 is 17.2. The Kier molecular flexibility index (Phi) is 6.68. The monoisotopic (exact) mass is 571 g/mol. The molecule has 9 heteroatoms. The zero-order chi connectivity index (χ0) is 27.3. The zero-order valence-corrected chi connectivity index (χ0v) is 23.7. The van der Waals surface area contributed by atoms with Crippen LogP contribution in [-0.4, -0.2) is 28.1 Å². The molecule has 39 heavy (non-hydrogen) atoms. The molecule has 6 rings (SSSR count). The molecule has 1 atom stereocenters. The lowest BCUT2D eigenvalue weighted by molar-refractivity contribution is -0.142. The zero-order valence-electron chi connectivity index (χ0n) is 20.9. The molecule has 1 fully saturated rings. The first-order valence-electron chi connectivity index (χ1n) is 12.3. The summed E-state index contributed by atoms with van der Waals surface area (Å²) in [7, 11) is 2.48. The van der Waals surface area contributed by atoms with Crippen molar-refractivity contribution in [1.29, 1.82) is 5.26 Å². The highest BCUT2D eigenvalue weighted by Gasteiger charge is 2.33. The van der Waals surface area contributed by atoms with Gasteiger partial charge in [-0.25, -0.2) is 4.39 Å². The molecule has 0 spiro atoms. The Balaban J connectivity index is 1.61. The quantitative estimate of drug-likeness (QED) is 0.224. The first-order valence-corrected chi connectivity index (χ1v) is 14.5. The van der Waals surface area contributed by atoms with Gasteiger partial charge in [-0.3, -0.25) is 8.77 Å². The minimum absolute atomic E-state index is 0.333. The van der Waals surface area contributed by atoms with Crippen molar-refractivity contribution in [3.05, 3.63) is 88.4 Å². The number of nitriles is 1. The second-order valence-corrected chi connectivity index (χ2v) is 12.1. The lowest BCUT2D eigenvalue weighted by atomic mass is 9.96. The number of aliphatic carboxylic acids is 1. The maximum absolute atomic E-state index is 15.0. The lowest BCUT2D eigenvalue weighted by Crippen LogP contribution is -2.50. The summed E-state index contributed by atoms with van der Waals surface area (Å²) >= 11 is 2.91. The van der Waals surface area contributed by atoms with Gasteiger partial charge >= 0.3 is 5.97 Å². The molecule has 1 aliphatic heterocycles. The van der Waals surface area contributed by atoms with Gasteiger partial charge < -0.3 is 10.0 Å². The average Bonchev–Trinajstić information content (AvgIpc) is 3.47. The van der Waals surface area contributed by atoms with E-state index in [2.05, 4.69) is 49.6 Å². The van der Waals surface area contributed by atoms with E-state index in [4.69, 9.17) is 0 Å². The predicted molar refractivity (Wildman–Crippen MR) is 160 cm³/mol. The van der Waals surface area contributed by atoms with E-state index in [1.165, 1.54) is 11.3 Å². The first-order chi connectivity index (χ1) is 18.8. The standard InChI is InChI=1S/C30H23FN3O2PS2/c1-17-5-7-21(8-6-17)39-34-25-13-26(37)24(31)12-23(25)28(22-9-10-38-27(22)14-32)29(34)18-3-2-4-20(11-18)33-15-19(16-33)30(35)36/h2-13,19H,15-16,37H2,1H3,(H,35,36). The molecule has 1 aliphatic rings.